The molecule has 3 amide bonds. The molecule has 112 valence electrons. The lowest BCUT2D eigenvalue weighted by Gasteiger charge is -2.41. The predicted octanol–water partition coefficient (Wildman–Crippen LogP) is 0.265. The molecule has 0 radical (unpaired) electrons. The second-order valence-corrected chi connectivity index (χ2v) is 7.14. The number of hydrogen-bond donors (Lipinski definition) is 1. The molecule has 0 atom stereocenters. The molecule has 0 aromatic heterocycles. The molecule has 0 saturated carbocycles. The molecule has 0 bridgehead atoms. The normalized spacial score (nSPS) is 20.5. The minimum absolute atomic E-state index is 0.0299. The van der Waals surface area contributed by atoms with Crippen molar-refractivity contribution in [2.45, 2.75) is 10.9 Å². The Bertz CT molecular complexity index is 699. The summed E-state index contributed by atoms with van der Waals surface area (Å²) in [6, 6.07) is 5.28. The first kappa shape index (κ1) is 14.3. The zero-order chi connectivity index (χ0) is 15.2. The van der Waals surface area contributed by atoms with Crippen LogP contribution in [0.5, 0.6) is 0 Å². The molecule has 2 aliphatic rings. The summed E-state index contributed by atoms with van der Waals surface area (Å²) in [6.45, 7) is 0.145. The van der Waals surface area contributed by atoms with Crippen LogP contribution in [0.4, 0.5) is 4.79 Å². The summed E-state index contributed by atoms with van der Waals surface area (Å²) in [4.78, 5) is 24.2. The van der Waals surface area contributed by atoms with Gasteiger partial charge in [0.15, 0.2) is 0 Å². The molecule has 2 heterocycles. The van der Waals surface area contributed by atoms with Gasteiger partial charge in [0.25, 0.3) is 0 Å². The summed E-state index contributed by atoms with van der Waals surface area (Å²) < 4.78 is 26.0. The van der Waals surface area contributed by atoms with E-state index in [-0.39, 0.29) is 35.5 Å². The van der Waals surface area contributed by atoms with Gasteiger partial charge < -0.3 is 5.32 Å². The molecule has 9 heteroatoms. The summed E-state index contributed by atoms with van der Waals surface area (Å²) in [5, 5.41) is 2.56. The van der Waals surface area contributed by atoms with E-state index in [2.05, 4.69) is 5.32 Å². The highest BCUT2D eigenvalue weighted by Gasteiger charge is 2.45. The Morgan fingerprint density at radius 1 is 1.19 bits per heavy atom. The Morgan fingerprint density at radius 2 is 1.86 bits per heavy atom. The van der Waals surface area contributed by atoms with Gasteiger partial charge in [-0.05, 0) is 12.1 Å². The zero-order valence-corrected chi connectivity index (χ0v) is 12.4. The number of sulfonamides is 1. The number of halogens is 1. The molecule has 3 rings (SSSR count). The molecule has 0 spiro atoms. The van der Waals surface area contributed by atoms with Crippen LogP contribution >= 0.6 is 11.6 Å². The lowest BCUT2D eigenvalue weighted by molar-refractivity contribution is -0.128. The lowest BCUT2D eigenvalue weighted by atomic mass is 10.1. The van der Waals surface area contributed by atoms with Gasteiger partial charge in [-0.25, -0.2) is 13.2 Å². The first-order valence-electron chi connectivity index (χ1n) is 6.26. The third-order valence-electron chi connectivity index (χ3n) is 3.53. The smallest absolute Gasteiger partial charge is 0.324 e. The van der Waals surface area contributed by atoms with Crippen molar-refractivity contribution in [3.8, 4) is 0 Å². The second kappa shape index (κ2) is 4.97. The van der Waals surface area contributed by atoms with Crippen LogP contribution in [0.1, 0.15) is 0 Å². The van der Waals surface area contributed by atoms with Gasteiger partial charge >= 0.3 is 6.03 Å². The van der Waals surface area contributed by atoms with Crippen molar-refractivity contribution in [2.75, 3.05) is 19.6 Å². The number of imide groups is 1. The number of amides is 3. The van der Waals surface area contributed by atoms with Gasteiger partial charge in [-0.2, -0.15) is 4.31 Å². The molecule has 0 aliphatic carbocycles. The van der Waals surface area contributed by atoms with Crippen LogP contribution in [-0.2, 0) is 14.8 Å². The summed E-state index contributed by atoms with van der Waals surface area (Å²) in [5.41, 5.74) is 0. The quantitative estimate of drug-likeness (QED) is 0.806. The molecule has 0 unspecified atom stereocenters. The van der Waals surface area contributed by atoms with Crippen molar-refractivity contribution in [1.82, 2.24) is 14.5 Å². The highest BCUT2D eigenvalue weighted by molar-refractivity contribution is 7.89. The van der Waals surface area contributed by atoms with Gasteiger partial charge in [0, 0.05) is 13.1 Å². The minimum atomic E-state index is -3.70. The molecule has 2 fully saturated rings. The van der Waals surface area contributed by atoms with Gasteiger partial charge in [0.2, 0.25) is 15.9 Å². The zero-order valence-electron chi connectivity index (χ0n) is 10.8. The van der Waals surface area contributed by atoms with E-state index < -0.39 is 22.1 Å². The largest absolute Gasteiger partial charge is 0.329 e. The fourth-order valence-corrected chi connectivity index (χ4v) is 4.38. The average molecular weight is 330 g/mol. The molecule has 1 aromatic rings. The number of hydrogen-bond acceptors (Lipinski definition) is 4. The van der Waals surface area contributed by atoms with Crippen LogP contribution in [-0.4, -0.2) is 55.2 Å². The number of nitrogens with one attached hydrogen (secondary N) is 1. The van der Waals surface area contributed by atoms with E-state index in [0.717, 1.165) is 4.90 Å². The van der Waals surface area contributed by atoms with Gasteiger partial charge in [0.05, 0.1) is 17.6 Å². The maximum Gasteiger partial charge on any atom is 0.324 e. The van der Waals surface area contributed by atoms with Crippen LogP contribution in [0.25, 0.3) is 0 Å². The third kappa shape index (κ3) is 2.29. The van der Waals surface area contributed by atoms with Crippen molar-refractivity contribution in [3.63, 3.8) is 0 Å². The lowest BCUT2D eigenvalue weighted by Crippen LogP contribution is -2.62. The number of carbonyl (C=O) groups is 2. The van der Waals surface area contributed by atoms with E-state index in [4.69, 9.17) is 11.6 Å². The first-order chi connectivity index (χ1) is 9.91. The predicted molar refractivity (Wildman–Crippen MR) is 74.2 cm³/mol. The molecule has 1 N–H and O–H groups in total. The number of carbonyl (C=O) groups excluding carboxylic acids is 2. The van der Waals surface area contributed by atoms with Crippen LogP contribution < -0.4 is 5.32 Å². The van der Waals surface area contributed by atoms with Gasteiger partial charge in [-0.1, -0.05) is 23.7 Å². The van der Waals surface area contributed by atoms with E-state index in [0.29, 0.717) is 0 Å². The Kier molecular flexibility index (Phi) is 3.39. The average Bonchev–Trinajstić information content (AvgIpc) is 2.69. The molecule has 2 aliphatic heterocycles. The van der Waals surface area contributed by atoms with Crippen molar-refractivity contribution < 1.29 is 18.0 Å². The fraction of sp³-hybridized carbons (Fsp3) is 0.333. The van der Waals surface area contributed by atoms with Crippen LogP contribution in [0, 0.1) is 0 Å². The van der Waals surface area contributed by atoms with E-state index in [1.807, 2.05) is 0 Å². The molecule has 21 heavy (non-hydrogen) atoms. The monoisotopic (exact) mass is 329 g/mol. The SMILES string of the molecule is O=C1CNC(=O)N1C1CN(S(=O)(=O)c2ccccc2Cl)C1. The van der Waals surface area contributed by atoms with Crippen molar-refractivity contribution in [2.24, 2.45) is 0 Å². The highest BCUT2D eigenvalue weighted by Crippen LogP contribution is 2.29. The molecule has 1 aromatic carbocycles. The number of rotatable bonds is 3. The number of nitrogens with zero attached hydrogens (tertiary/aromatic N) is 2. The number of urea groups is 1. The summed E-state index contributed by atoms with van der Waals surface area (Å²) in [6.07, 6.45) is 0. The standard InChI is InChI=1S/C12H12ClN3O4S/c13-9-3-1-2-4-10(9)21(19,20)15-6-8(7-15)16-11(17)5-14-12(16)18/h1-4,8H,5-7H2,(H,14,18). The first-order valence-corrected chi connectivity index (χ1v) is 8.07. The van der Waals surface area contributed by atoms with Gasteiger partial charge in [0.1, 0.15) is 4.90 Å². The number of benzene rings is 1. The van der Waals surface area contributed by atoms with Crippen molar-refractivity contribution in [3.05, 3.63) is 29.3 Å². The maximum absolute atomic E-state index is 12.4. The van der Waals surface area contributed by atoms with Crippen molar-refractivity contribution in [1.29, 1.82) is 0 Å². The molecule has 7 nitrogen and oxygen atoms in total. The van der Waals surface area contributed by atoms with Crippen LogP contribution in [0.3, 0.4) is 0 Å². The maximum atomic E-state index is 12.4. The fourth-order valence-electron chi connectivity index (χ4n) is 2.37. The Balaban J connectivity index is 1.75. The van der Waals surface area contributed by atoms with Crippen LogP contribution in [0.2, 0.25) is 5.02 Å². The summed E-state index contributed by atoms with van der Waals surface area (Å²) in [5.74, 6) is -0.334. The van der Waals surface area contributed by atoms with Gasteiger partial charge in [-0.15, -0.1) is 0 Å². The van der Waals surface area contributed by atoms with E-state index >= 15 is 0 Å². The highest BCUT2D eigenvalue weighted by atomic mass is 35.5. The van der Waals surface area contributed by atoms with E-state index in [1.165, 1.54) is 16.4 Å². The van der Waals surface area contributed by atoms with Crippen molar-refractivity contribution >= 4 is 33.6 Å². The third-order valence-corrected chi connectivity index (χ3v) is 5.86. The second-order valence-electron chi connectivity index (χ2n) is 4.83. The van der Waals surface area contributed by atoms with Crippen LogP contribution in [0.15, 0.2) is 29.2 Å². The molecular weight excluding hydrogens is 318 g/mol. The van der Waals surface area contributed by atoms with Gasteiger partial charge in [-0.3, -0.25) is 9.69 Å². The molecular formula is C12H12ClN3O4S. The van der Waals surface area contributed by atoms with E-state index in [9.17, 15) is 18.0 Å². The summed E-state index contributed by atoms with van der Waals surface area (Å²) >= 11 is 5.91. The Labute approximate surface area is 126 Å². The summed E-state index contributed by atoms with van der Waals surface area (Å²) in [7, 11) is -3.70. The van der Waals surface area contributed by atoms with E-state index in [1.54, 1.807) is 12.1 Å². The Hall–Kier alpha value is -1.64. The topological polar surface area (TPSA) is 86.8 Å². The Morgan fingerprint density at radius 3 is 2.43 bits per heavy atom. The molecule has 2 saturated heterocycles. The minimum Gasteiger partial charge on any atom is -0.329 e.